The summed E-state index contributed by atoms with van der Waals surface area (Å²) in [4.78, 5) is 16.5. The lowest BCUT2D eigenvalue weighted by atomic mass is 9.94. The smallest absolute Gasteiger partial charge is 0.263 e. The number of nitrogens with zero attached hydrogens (tertiary/aromatic N) is 1. The maximum atomic E-state index is 12.2. The van der Waals surface area contributed by atoms with Crippen LogP contribution >= 0.6 is 0 Å². The molecule has 0 fully saturated rings. The fourth-order valence-electron chi connectivity index (χ4n) is 2.20. The second kappa shape index (κ2) is 6.79. The van der Waals surface area contributed by atoms with Gasteiger partial charge in [0.25, 0.3) is 5.89 Å². The van der Waals surface area contributed by atoms with Crippen molar-refractivity contribution in [1.29, 1.82) is 0 Å². The molecule has 0 radical (unpaired) electrons. The summed E-state index contributed by atoms with van der Waals surface area (Å²) in [6.45, 7) is 5.71. The van der Waals surface area contributed by atoms with Crippen LogP contribution in [0.4, 0.5) is 0 Å². The average molecular weight is 306 g/mol. The number of aliphatic hydroxyl groups excluding tert-OH is 1. The largest absolute Gasteiger partial charge is 0.459 e. The molecule has 0 aliphatic carbocycles. The molecule has 1 amide bonds. The molecule has 6 nitrogen and oxygen atoms in total. The number of furan rings is 1. The molecule has 0 aromatic carbocycles. The van der Waals surface area contributed by atoms with Crippen molar-refractivity contribution in [3.8, 4) is 11.7 Å². The van der Waals surface area contributed by atoms with Gasteiger partial charge in [-0.3, -0.25) is 4.79 Å². The molecule has 2 N–H and O–H groups in total. The molecule has 2 aromatic rings. The number of amides is 1. The second-order valence-corrected chi connectivity index (χ2v) is 5.61. The Kier molecular flexibility index (Phi) is 5.03. The van der Waals surface area contributed by atoms with E-state index in [1.54, 1.807) is 25.3 Å². The minimum absolute atomic E-state index is 0.0379. The Labute approximate surface area is 129 Å². The fourth-order valence-corrected chi connectivity index (χ4v) is 2.20. The Balaban J connectivity index is 2.06. The fraction of sp³-hybridized carbons (Fsp3) is 0.500. The molecule has 0 aliphatic rings. The van der Waals surface area contributed by atoms with E-state index in [-0.39, 0.29) is 18.9 Å². The number of aryl methyl sites for hydroxylation is 1. The van der Waals surface area contributed by atoms with Crippen molar-refractivity contribution in [2.45, 2.75) is 45.6 Å². The van der Waals surface area contributed by atoms with Gasteiger partial charge >= 0.3 is 0 Å². The lowest BCUT2D eigenvalue weighted by Crippen LogP contribution is -2.46. The van der Waals surface area contributed by atoms with Crippen molar-refractivity contribution in [3.63, 3.8) is 0 Å². The molecule has 2 heterocycles. The third-order valence-corrected chi connectivity index (χ3v) is 3.84. The van der Waals surface area contributed by atoms with Gasteiger partial charge in [0.2, 0.25) is 5.91 Å². The molecule has 0 saturated carbocycles. The van der Waals surface area contributed by atoms with Crippen LogP contribution in [-0.4, -0.2) is 28.1 Å². The number of rotatable bonds is 7. The minimum Gasteiger partial charge on any atom is -0.459 e. The summed E-state index contributed by atoms with van der Waals surface area (Å²) in [6, 6.07) is 3.51. The Morgan fingerprint density at radius 3 is 2.86 bits per heavy atom. The number of carbonyl (C=O) groups is 1. The van der Waals surface area contributed by atoms with E-state index in [0.29, 0.717) is 29.5 Å². The van der Waals surface area contributed by atoms with Gasteiger partial charge in [-0.2, -0.15) is 0 Å². The summed E-state index contributed by atoms with van der Waals surface area (Å²) < 4.78 is 10.8. The Morgan fingerprint density at radius 2 is 2.27 bits per heavy atom. The molecule has 1 atom stereocenters. The Bertz CT molecular complexity index is 618. The van der Waals surface area contributed by atoms with E-state index in [0.717, 1.165) is 6.42 Å². The van der Waals surface area contributed by atoms with Gasteiger partial charge in [-0.05, 0) is 38.8 Å². The number of carbonyl (C=O) groups excluding carboxylic acids is 1. The number of aromatic nitrogens is 1. The van der Waals surface area contributed by atoms with Crippen molar-refractivity contribution >= 4 is 5.91 Å². The van der Waals surface area contributed by atoms with Crippen LogP contribution in [0.1, 0.15) is 38.1 Å². The maximum absolute atomic E-state index is 12.2. The first-order chi connectivity index (χ1) is 10.5. The molecule has 2 aromatic heterocycles. The summed E-state index contributed by atoms with van der Waals surface area (Å²) in [5.74, 6) is 1.37. The third-order valence-electron chi connectivity index (χ3n) is 3.84. The number of aliphatic hydroxyl groups is 1. The summed E-state index contributed by atoms with van der Waals surface area (Å²) >= 11 is 0. The van der Waals surface area contributed by atoms with E-state index in [1.165, 1.54) is 0 Å². The zero-order valence-electron chi connectivity index (χ0n) is 13.2. The first-order valence-electron chi connectivity index (χ1n) is 7.39. The molecule has 0 aliphatic heterocycles. The summed E-state index contributed by atoms with van der Waals surface area (Å²) in [6.07, 6.45) is 2.94. The molecular weight excluding hydrogens is 284 g/mol. The molecule has 2 rings (SSSR count). The molecular formula is C16H22N2O4. The molecule has 1 unspecified atom stereocenters. The van der Waals surface area contributed by atoms with Crippen molar-refractivity contribution in [2.24, 2.45) is 0 Å². The quantitative estimate of drug-likeness (QED) is 0.820. The SMILES string of the molecule is CCC(C)(CCO)NC(=O)Cc1nc(-c2ccco2)oc1C. The standard InChI is InChI=1S/C16H22N2O4/c1-4-16(3,7-8-19)18-14(20)10-12-11(2)22-15(17-12)13-6-5-9-21-13/h5-6,9,19H,4,7-8,10H2,1-3H3,(H,18,20). The number of oxazole rings is 1. The van der Waals surface area contributed by atoms with Crippen LogP contribution in [0.5, 0.6) is 0 Å². The van der Waals surface area contributed by atoms with Crippen molar-refractivity contribution in [2.75, 3.05) is 6.61 Å². The van der Waals surface area contributed by atoms with E-state index >= 15 is 0 Å². The van der Waals surface area contributed by atoms with Gasteiger partial charge in [-0.25, -0.2) is 4.98 Å². The van der Waals surface area contributed by atoms with Crippen molar-refractivity contribution in [3.05, 3.63) is 29.9 Å². The zero-order valence-corrected chi connectivity index (χ0v) is 13.2. The average Bonchev–Trinajstić information content (AvgIpc) is 3.09. The predicted octanol–water partition coefficient (Wildman–Crippen LogP) is 2.45. The highest BCUT2D eigenvalue weighted by atomic mass is 16.4. The van der Waals surface area contributed by atoms with Crippen LogP contribution in [0.3, 0.4) is 0 Å². The highest BCUT2D eigenvalue weighted by molar-refractivity contribution is 5.79. The Morgan fingerprint density at radius 1 is 1.50 bits per heavy atom. The van der Waals surface area contributed by atoms with E-state index in [4.69, 9.17) is 13.9 Å². The van der Waals surface area contributed by atoms with Gasteiger partial charge in [-0.15, -0.1) is 0 Å². The summed E-state index contributed by atoms with van der Waals surface area (Å²) in [5.41, 5.74) is 0.180. The van der Waals surface area contributed by atoms with Gasteiger partial charge in [-0.1, -0.05) is 6.92 Å². The summed E-state index contributed by atoms with van der Waals surface area (Å²) in [7, 11) is 0. The third kappa shape index (κ3) is 3.76. The van der Waals surface area contributed by atoms with Crippen LogP contribution in [0.25, 0.3) is 11.7 Å². The lowest BCUT2D eigenvalue weighted by Gasteiger charge is -2.28. The molecule has 6 heteroatoms. The second-order valence-electron chi connectivity index (χ2n) is 5.61. The van der Waals surface area contributed by atoms with Crippen LogP contribution in [0, 0.1) is 6.92 Å². The molecule has 0 spiro atoms. The number of nitrogens with one attached hydrogen (secondary N) is 1. The molecule has 22 heavy (non-hydrogen) atoms. The van der Waals surface area contributed by atoms with Crippen molar-refractivity contribution < 1.29 is 18.7 Å². The highest BCUT2D eigenvalue weighted by Gasteiger charge is 2.25. The van der Waals surface area contributed by atoms with Crippen LogP contribution in [0.15, 0.2) is 27.2 Å². The summed E-state index contributed by atoms with van der Waals surface area (Å²) in [5, 5.41) is 12.1. The van der Waals surface area contributed by atoms with Gasteiger partial charge in [0.1, 0.15) is 5.76 Å². The van der Waals surface area contributed by atoms with E-state index in [1.807, 2.05) is 13.8 Å². The van der Waals surface area contributed by atoms with Gasteiger partial charge in [0, 0.05) is 12.1 Å². The number of hydrogen-bond acceptors (Lipinski definition) is 5. The normalized spacial score (nSPS) is 13.8. The highest BCUT2D eigenvalue weighted by Crippen LogP contribution is 2.22. The van der Waals surface area contributed by atoms with Crippen LogP contribution in [0.2, 0.25) is 0 Å². The Hall–Kier alpha value is -2.08. The lowest BCUT2D eigenvalue weighted by molar-refractivity contribution is -0.122. The maximum Gasteiger partial charge on any atom is 0.263 e. The van der Waals surface area contributed by atoms with Gasteiger partial charge < -0.3 is 19.3 Å². The topological polar surface area (TPSA) is 88.5 Å². The van der Waals surface area contributed by atoms with Gasteiger partial charge in [0.15, 0.2) is 5.76 Å². The van der Waals surface area contributed by atoms with E-state index in [2.05, 4.69) is 10.3 Å². The van der Waals surface area contributed by atoms with Crippen LogP contribution in [-0.2, 0) is 11.2 Å². The first-order valence-corrected chi connectivity index (χ1v) is 7.39. The van der Waals surface area contributed by atoms with Crippen molar-refractivity contribution in [1.82, 2.24) is 10.3 Å². The predicted molar refractivity (Wildman–Crippen MR) is 81.2 cm³/mol. The molecule has 0 saturated heterocycles. The van der Waals surface area contributed by atoms with E-state index in [9.17, 15) is 4.79 Å². The molecule has 0 bridgehead atoms. The minimum atomic E-state index is -0.409. The molecule has 120 valence electrons. The van der Waals surface area contributed by atoms with Gasteiger partial charge in [0.05, 0.1) is 18.4 Å². The first kappa shape index (κ1) is 16.3. The monoisotopic (exact) mass is 306 g/mol. The number of hydrogen-bond donors (Lipinski definition) is 2. The van der Waals surface area contributed by atoms with Crippen LogP contribution < -0.4 is 5.32 Å². The zero-order chi connectivity index (χ0) is 16.2. The van der Waals surface area contributed by atoms with E-state index < -0.39 is 5.54 Å².